The van der Waals surface area contributed by atoms with Gasteiger partial charge < -0.3 is 25.7 Å². The number of pyridine rings is 1. The molecule has 0 atom stereocenters. The van der Waals surface area contributed by atoms with Crippen molar-refractivity contribution < 1.29 is 14.3 Å². The van der Waals surface area contributed by atoms with E-state index in [9.17, 15) is 9.59 Å². The second-order valence-corrected chi connectivity index (χ2v) is 9.81. The number of nitrogens with zero attached hydrogens (tertiary/aromatic N) is 4. The molecule has 0 spiro atoms. The SMILES string of the molecule is C=C(C)C(=O)Nc1ccc(-c2c(-c3ccc(C(=O)NCC4CCC4)c(OC)n3)c3c(N)ncnc3n2C)cc1. The van der Waals surface area contributed by atoms with Gasteiger partial charge >= 0.3 is 0 Å². The first-order valence-corrected chi connectivity index (χ1v) is 12.8. The van der Waals surface area contributed by atoms with E-state index in [0.29, 0.717) is 57.4 Å². The van der Waals surface area contributed by atoms with Crippen molar-refractivity contribution in [2.24, 2.45) is 13.0 Å². The minimum absolute atomic E-state index is 0.216. The zero-order valence-corrected chi connectivity index (χ0v) is 22.2. The van der Waals surface area contributed by atoms with Crippen molar-refractivity contribution in [3.05, 3.63) is 60.4 Å². The van der Waals surface area contributed by atoms with Crippen molar-refractivity contribution in [1.29, 1.82) is 0 Å². The Morgan fingerprint density at radius 2 is 1.90 bits per heavy atom. The highest BCUT2D eigenvalue weighted by Crippen LogP contribution is 2.41. The highest BCUT2D eigenvalue weighted by Gasteiger charge is 2.25. The van der Waals surface area contributed by atoms with E-state index in [1.54, 1.807) is 19.1 Å². The van der Waals surface area contributed by atoms with Crippen LogP contribution in [-0.4, -0.2) is 45.0 Å². The second-order valence-electron chi connectivity index (χ2n) is 9.81. The summed E-state index contributed by atoms with van der Waals surface area (Å²) >= 11 is 0. The van der Waals surface area contributed by atoms with Gasteiger partial charge in [0.05, 0.1) is 23.9 Å². The average molecular weight is 526 g/mol. The van der Waals surface area contributed by atoms with Crippen molar-refractivity contribution in [3.63, 3.8) is 0 Å². The first-order valence-electron chi connectivity index (χ1n) is 12.8. The van der Waals surface area contributed by atoms with Gasteiger partial charge in [0.15, 0.2) is 0 Å². The van der Waals surface area contributed by atoms with Crippen LogP contribution < -0.4 is 21.1 Å². The minimum atomic E-state index is -0.246. The summed E-state index contributed by atoms with van der Waals surface area (Å²) in [5, 5.41) is 6.47. The molecule has 1 aliphatic rings. The molecule has 3 aromatic heterocycles. The molecule has 4 aromatic rings. The predicted molar refractivity (Wildman–Crippen MR) is 151 cm³/mol. The summed E-state index contributed by atoms with van der Waals surface area (Å²) in [5.74, 6) is 0.601. The second kappa shape index (κ2) is 10.6. The predicted octanol–water partition coefficient (Wildman–Crippen LogP) is 4.33. The standard InChI is InChI=1S/C29H31N7O3/c1-16(2)27(37)34-19-10-8-18(9-11-19)24-22(23-25(30)32-15-33-26(23)36(24)3)21-13-12-20(29(35-21)39-4)28(38)31-14-17-6-5-7-17/h8-13,15,17H,1,5-7,14H2,2-4H3,(H,31,38)(H,34,37)(H2,30,32,33). The zero-order valence-electron chi connectivity index (χ0n) is 22.2. The fourth-order valence-electron chi connectivity index (χ4n) is 4.75. The zero-order chi connectivity index (χ0) is 27.7. The first-order chi connectivity index (χ1) is 18.8. The number of hydrogen-bond donors (Lipinski definition) is 3. The molecule has 39 heavy (non-hydrogen) atoms. The monoisotopic (exact) mass is 525 g/mol. The maximum absolute atomic E-state index is 12.9. The van der Waals surface area contributed by atoms with Gasteiger partial charge in [-0.1, -0.05) is 25.1 Å². The smallest absolute Gasteiger partial charge is 0.256 e. The summed E-state index contributed by atoms with van der Waals surface area (Å²) in [6, 6.07) is 10.9. The summed E-state index contributed by atoms with van der Waals surface area (Å²) < 4.78 is 7.48. The average Bonchev–Trinajstić information content (AvgIpc) is 3.21. The number of benzene rings is 1. The van der Waals surface area contributed by atoms with Gasteiger partial charge in [0.1, 0.15) is 23.4 Å². The summed E-state index contributed by atoms with van der Waals surface area (Å²) in [4.78, 5) is 38.4. The molecule has 1 aliphatic carbocycles. The van der Waals surface area contributed by atoms with Gasteiger partial charge in [0.25, 0.3) is 11.8 Å². The van der Waals surface area contributed by atoms with Crippen LogP contribution in [-0.2, 0) is 11.8 Å². The number of ether oxygens (including phenoxy) is 1. The summed E-state index contributed by atoms with van der Waals surface area (Å²) in [6.45, 7) is 5.98. The molecule has 10 heteroatoms. The number of nitrogen functional groups attached to an aromatic ring is 1. The van der Waals surface area contributed by atoms with Crippen LogP contribution in [0.1, 0.15) is 36.5 Å². The number of nitrogens with one attached hydrogen (secondary N) is 2. The molecule has 5 rings (SSSR count). The summed E-state index contributed by atoms with van der Waals surface area (Å²) in [7, 11) is 3.39. The van der Waals surface area contributed by atoms with Crippen LogP contribution in [0.25, 0.3) is 33.5 Å². The lowest BCUT2D eigenvalue weighted by Crippen LogP contribution is -2.32. The van der Waals surface area contributed by atoms with E-state index in [0.717, 1.165) is 24.1 Å². The number of anilines is 2. The van der Waals surface area contributed by atoms with Crippen LogP contribution in [0.5, 0.6) is 5.88 Å². The van der Waals surface area contributed by atoms with E-state index < -0.39 is 0 Å². The van der Waals surface area contributed by atoms with Gasteiger partial charge in [-0.3, -0.25) is 9.59 Å². The van der Waals surface area contributed by atoms with Crippen LogP contribution in [0, 0.1) is 5.92 Å². The Hall–Kier alpha value is -4.73. The molecule has 0 unspecified atom stereocenters. The van der Waals surface area contributed by atoms with Gasteiger partial charge in [-0.15, -0.1) is 0 Å². The number of aromatic nitrogens is 4. The molecule has 0 bridgehead atoms. The summed E-state index contributed by atoms with van der Waals surface area (Å²) in [6.07, 6.45) is 4.92. The van der Waals surface area contributed by atoms with E-state index in [4.69, 9.17) is 15.5 Å². The Bertz CT molecular complexity index is 1590. The molecule has 200 valence electrons. The van der Waals surface area contributed by atoms with Crippen LogP contribution in [0.4, 0.5) is 11.5 Å². The Labute approximate surface area is 226 Å². The Morgan fingerprint density at radius 1 is 1.15 bits per heavy atom. The number of nitrogens with two attached hydrogens (primary N) is 1. The molecule has 1 fully saturated rings. The number of rotatable bonds is 8. The van der Waals surface area contributed by atoms with Crippen molar-refractivity contribution in [2.75, 3.05) is 24.7 Å². The first kappa shape index (κ1) is 25.9. The molecular formula is C29H31N7O3. The third kappa shape index (κ3) is 4.93. The van der Waals surface area contributed by atoms with Crippen LogP contribution in [0.2, 0.25) is 0 Å². The van der Waals surface area contributed by atoms with Crippen LogP contribution >= 0.6 is 0 Å². The lowest BCUT2D eigenvalue weighted by molar-refractivity contribution is -0.112. The Morgan fingerprint density at radius 3 is 2.54 bits per heavy atom. The summed E-state index contributed by atoms with van der Waals surface area (Å²) in [5.41, 5.74) is 11.3. The van der Waals surface area contributed by atoms with Crippen molar-refractivity contribution in [2.45, 2.75) is 26.2 Å². The van der Waals surface area contributed by atoms with E-state index >= 15 is 0 Å². The quantitative estimate of drug-likeness (QED) is 0.291. The highest BCUT2D eigenvalue weighted by atomic mass is 16.5. The lowest BCUT2D eigenvalue weighted by atomic mass is 9.85. The number of carbonyl (C=O) groups excluding carboxylic acids is 2. The maximum atomic E-state index is 12.9. The fourth-order valence-corrected chi connectivity index (χ4v) is 4.75. The molecule has 0 aliphatic heterocycles. The topological polar surface area (TPSA) is 137 Å². The van der Waals surface area contributed by atoms with Crippen molar-refractivity contribution in [1.82, 2.24) is 24.8 Å². The molecule has 1 aromatic carbocycles. The Balaban J connectivity index is 1.58. The Kier molecular flexibility index (Phi) is 7.02. The number of carbonyl (C=O) groups is 2. The number of hydrogen-bond acceptors (Lipinski definition) is 7. The largest absolute Gasteiger partial charge is 0.480 e. The lowest BCUT2D eigenvalue weighted by Gasteiger charge is -2.25. The number of methoxy groups -OCH3 is 1. The molecular weight excluding hydrogens is 494 g/mol. The van der Waals surface area contributed by atoms with Crippen LogP contribution in [0.15, 0.2) is 54.9 Å². The molecule has 3 heterocycles. The highest BCUT2D eigenvalue weighted by molar-refractivity contribution is 6.08. The molecule has 10 nitrogen and oxygen atoms in total. The van der Waals surface area contributed by atoms with Crippen molar-refractivity contribution >= 4 is 34.4 Å². The maximum Gasteiger partial charge on any atom is 0.256 e. The number of amides is 2. The van der Waals surface area contributed by atoms with Crippen molar-refractivity contribution in [3.8, 4) is 28.4 Å². The third-order valence-electron chi connectivity index (χ3n) is 7.13. The van der Waals surface area contributed by atoms with E-state index in [1.165, 1.54) is 19.9 Å². The number of aryl methyl sites for hydroxylation is 1. The van der Waals surface area contributed by atoms with Gasteiger partial charge in [-0.05, 0) is 55.5 Å². The molecule has 0 saturated heterocycles. The van der Waals surface area contributed by atoms with E-state index in [2.05, 4.69) is 27.2 Å². The van der Waals surface area contributed by atoms with E-state index in [1.807, 2.05) is 35.9 Å². The minimum Gasteiger partial charge on any atom is -0.480 e. The number of fused-ring (bicyclic) bond motifs is 1. The van der Waals surface area contributed by atoms with E-state index in [-0.39, 0.29) is 17.7 Å². The molecule has 1 saturated carbocycles. The fraction of sp³-hybridized carbons (Fsp3) is 0.276. The normalized spacial score (nSPS) is 13.1. The molecule has 2 amide bonds. The van der Waals surface area contributed by atoms with Gasteiger partial charge in [-0.25, -0.2) is 15.0 Å². The van der Waals surface area contributed by atoms with Gasteiger partial charge in [0.2, 0.25) is 5.88 Å². The van der Waals surface area contributed by atoms with Crippen LogP contribution in [0.3, 0.4) is 0 Å². The third-order valence-corrected chi connectivity index (χ3v) is 7.13. The van der Waals surface area contributed by atoms with Gasteiger partial charge in [0, 0.05) is 30.4 Å². The molecule has 4 N–H and O–H groups in total. The van der Waals surface area contributed by atoms with Gasteiger partial charge in [-0.2, -0.15) is 0 Å². The molecule has 0 radical (unpaired) electrons.